The molecule has 6 heteroatoms. The van der Waals surface area contributed by atoms with E-state index < -0.39 is 5.92 Å². The summed E-state index contributed by atoms with van der Waals surface area (Å²) in [5, 5.41) is 5.76. The van der Waals surface area contributed by atoms with E-state index in [-0.39, 0.29) is 30.7 Å². The molecule has 3 aromatic carbocycles. The number of amides is 3. The van der Waals surface area contributed by atoms with Crippen molar-refractivity contribution in [3.63, 3.8) is 0 Å². The monoisotopic (exact) mass is 427 g/mol. The van der Waals surface area contributed by atoms with Crippen molar-refractivity contribution in [2.24, 2.45) is 5.92 Å². The molecule has 1 aliphatic heterocycles. The number of carbonyl (C=O) groups excluding carboxylic acids is 3. The van der Waals surface area contributed by atoms with Gasteiger partial charge in [-0.15, -0.1) is 0 Å². The number of rotatable bonds is 5. The molecule has 0 aromatic heterocycles. The van der Waals surface area contributed by atoms with E-state index in [0.717, 1.165) is 16.8 Å². The molecule has 1 aliphatic rings. The van der Waals surface area contributed by atoms with E-state index in [1.54, 1.807) is 29.2 Å². The molecular weight excluding hydrogens is 402 g/mol. The predicted octanol–water partition coefficient (Wildman–Crippen LogP) is 4.55. The topological polar surface area (TPSA) is 78.5 Å². The van der Waals surface area contributed by atoms with Gasteiger partial charge in [-0.05, 0) is 67.4 Å². The van der Waals surface area contributed by atoms with Crippen LogP contribution in [0, 0.1) is 19.8 Å². The first kappa shape index (κ1) is 21.3. The van der Waals surface area contributed by atoms with E-state index in [2.05, 4.69) is 10.6 Å². The van der Waals surface area contributed by atoms with Crippen LogP contribution in [0.5, 0.6) is 0 Å². The summed E-state index contributed by atoms with van der Waals surface area (Å²) in [6.07, 6.45) is 0.136. The lowest BCUT2D eigenvalue weighted by Gasteiger charge is -2.18. The molecule has 0 bridgehead atoms. The molecule has 162 valence electrons. The fourth-order valence-electron chi connectivity index (χ4n) is 3.74. The van der Waals surface area contributed by atoms with Crippen LogP contribution >= 0.6 is 0 Å². The Morgan fingerprint density at radius 1 is 0.844 bits per heavy atom. The Balaban J connectivity index is 1.44. The van der Waals surface area contributed by atoms with Crippen LogP contribution in [0.2, 0.25) is 0 Å². The highest BCUT2D eigenvalue weighted by molar-refractivity contribution is 6.07. The minimum absolute atomic E-state index is 0.133. The fourth-order valence-corrected chi connectivity index (χ4v) is 3.74. The van der Waals surface area contributed by atoms with E-state index in [4.69, 9.17) is 0 Å². The number of hydrogen-bond acceptors (Lipinski definition) is 3. The van der Waals surface area contributed by atoms with Crippen LogP contribution in [-0.2, 0) is 9.59 Å². The predicted molar refractivity (Wildman–Crippen MR) is 126 cm³/mol. The largest absolute Gasteiger partial charge is 0.326 e. The summed E-state index contributed by atoms with van der Waals surface area (Å²) in [5.74, 6) is -1.02. The van der Waals surface area contributed by atoms with Crippen molar-refractivity contribution >= 4 is 34.8 Å². The van der Waals surface area contributed by atoms with Crippen molar-refractivity contribution in [1.29, 1.82) is 0 Å². The Hall–Kier alpha value is -3.93. The normalized spacial score (nSPS) is 15.5. The zero-order valence-corrected chi connectivity index (χ0v) is 18.1. The summed E-state index contributed by atoms with van der Waals surface area (Å²) >= 11 is 0. The van der Waals surface area contributed by atoms with E-state index in [1.165, 1.54) is 0 Å². The van der Waals surface area contributed by atoms with Gasteiger partial charge in [0.1, 0.15) is 0 Å². The average Bonchev–Trinajstić information content (AvgIpc) is 3.19. The van der Waals surface area contributed by atoms with Gasteiger partial charge in [0.15, 0.2) is 0 Å². The van der Waals surface area contributed by atoms with Gasteiger partial charge in [-0.2, -0.15) is 0 Å². The second-order valence-corrected chi connectivity index (χ2v) is 8.06. The maximum absolute atomic E-state index is 12.8. The summed E-state index contributed by atoms with van der Waals surface area (Å²) in [6.45, 7) is 4.29. The number of nitrogens with one attached hydrogen (secondary N) is 2. The SMILES string of the molecule is Cc1ccc(NC(=O)C2CC(=O)N(c3cccc(C(=O)Nc4ccccc4)c3)C2)cc1C. The van der Waals surface area contributed by atoms with Crippen LogP contribution in [0.4, 0.5) is 17.1 Å². The maximum atomic E-state index is 12.8. The molecule has 3 amide bonds. The third kappa shape index (κ3) is 4.70. The quantitative estimate of drug-likeness (QED) is 0.627. The Bertz CT molecular complexity index is 1170. The molecular formula is C26H25N3O3. The number of para-hydroxylation sites is 1. The van der Waals surface area contributed by atoms with Gasteiger partial charge in [0.2, 0.25) is 11.8 Å². The minimum Gasteiger partial charge on any atom is -0.326 e. The molecule has 1 fully saturated rings. The average molecular weight is 428 g/mol. The zero-order chi connectivity index (χ0) is 22.7. The molecule has 2 N–H and O–H groups in total. The number of hydrogen-bond donors (Lipinski definition) is 2. The van der Waals surface area contributed by atoms with Crippen molar-refractivity contribution in [2.75, 3.05) is 22.1 Å². The zero-order valence-electron chi connectivity index (χ0n) is 18.1. The lowest BCUT2D eigenvalue weighted by molar-refractivity contribution is -0.122. The number of anilines is 3. The molecule has 32 heavy (non-hydrogen) atoms. The second-order valence-electron chi connectivity index (χ2n) is 8.06. The molecule has 6 nitrogen and oxygen atoms in total. The highest BCUT2D eigenvalue weighted by Crippen LogP contribution is 2.27. The molecule has 4 rings (SSSR count). The van der Waals surface area contributed by atoms with Gasteiger partial charge in [-0.25, -0.2) is 0 Å². The van der Waals surface area contributed by atoms with E-state index >= 15 is 0 Å². The maximum Gasteiger partial charge on any atom is 0.255 e. The Labute approximate surface area is 187 Å². The highest BCUT2D eigenvalue weighted by atomic mass is 16.2. The summed E-state index contributed by atoms with van der Waals surface area (Å²) in [4.78, 5) is 39.6. The van der Waals surface area contributed by atoms with E-state index in [0.29, 0.717) is 16.9 Å². The van der Waals surface area contributed by atoms with Crippen LogP contribution in [-0.4, -0.2) is 24.3 Å². The van der Waals surface area contributed by atoms with Gasteiger partial charge in [0, 0.05) is 35.6 Å². The van der Waals surface area contributed by atoms with Crippen LogP contribution < -0.4 is 15.5 Å². The lowest BCUT2D eigenvalue weighted by Crippen LogP contribution is -2.28. The lowest BCUT2D eigenvalue weighted by atomic mass is 10.1. The Morgan fingerprint density at radius 3 is 2.38 bits per heavy atom. The first-order valence-corrected chi connectivity index (χ1v) is 10.6. The first-order chi connectivity index (χ1) is 15.4. The molecule has 0 aliphatic carbocycles. The van der Waals surface area contributed by atoms with Crippen molar-refractivity contribution in [3.8, 4) is 0 Å². The summed E-state index contributed by atoms with van der Waals surface area (Å²) in [5.41, 5.74) is 4.73. The van der Waals surface area contributed by atoms with Crippen LogP contribution in [0.15, 0.2) is 72.8 Å². The minimum atomic E-state index is -0.453. The van der Waals surface area contributed by atoms with Crippen molar-refractivity contribution in [2.45, 2.75) is 20.3 Å². The number of benzene rings is 3. The fraction of sp³-hybridized carbons (Fsp3) is 0.192. The summed E-state index contributed by atoms with van der Waals surface area (Å²) in [6, 6.07) is 21.8. The van der Waals surface area contributed by atoms with E-state index in [9.17, 15) is 14.4 Å². The van der Waals surface area contributed by atoms with Crippen molar-refractivity contribution < 1.29 is 14.4 Å². The van der Waals surface area contributed by atoms with Crippen LogP contribution in [0.1, 0.15) is 27.9 Å². The Morgan fingerprint density at radius 2 is 1.62 bits per heavy atom. The smallest absolute Gasteiger partial charge is 0.255 e. The molecule has 0 saturated carbocycles. The van der Waals surface area contributed by atoms with Gasteiger partial charge in [0.05, 0.1) is 5.92 Å². The molecule has 3 aromatic rings. The molecule has 1 heterocycles. The van der Waals surface area contributed by atoms with Gasteiger partial charge in [0.25, 0.3) is 5.91 Å². The van der Waals surface area contributed by atoms with Crippen LogP contribution in [0.25, 0.3) is 0 Å². The van der Waals surface area contributed by atoms with Crippen molar-refractivity contribution in [1.82, 2.24) is 0 Å². The van der Waals surface area contributed by atoms with Crippen molar-refractivity contribution in [3.05, 3.63) is 89.5 Å². The summed E-state index contributed by atoms with van der Waals surface area (Å²) < 4.78 is 0. The third-order valence-corrected chi connectivity index (χ3v) is 5.72. The number of nitrogens with zero attached hydrogens (tertiary/aromatic N) is 1. The van der Waals surface area contributed by atoms with Gasteiger partial charge in [-0.1, -0.05) is 30.3 Å². The van der Waals surface area contributed by atoms with Gasteiger partial charge < -0.3 is 15.5 Å². The third-order valence-electron chi connectivity index (χ3n) is 5.72. The van der Waals surface area contributed by atoms with Crippen LogP contribution in [0.3, 0.4) is 0 Å². The highest BCUT2D eigenvalue weighted by Gasteiger charge is 2.35. The number of carbonyl (C=O) groups is 3. The first-order valence-electron chi connectivity index (χ1n) is 10.6. The number of aryl methyl sites for hydroxylation is 2. The molecule has 1 atom stereocenters. The van der Waals surface area contributed by atoms with Gasteiger partial charge in [-0.3, -0.25) is 14.4 Å². The molecule has 0 spiro atoms. The summed E-state index contributed by atoms with van der Waals surface area (Å²) in [7, 11) is 0. The van der Waals surface area contributed by atoms with E-state index in [1.807, 2.05) is 62.4 Å². The molecule has 0 radical (unpaired) electrons. The molecule has 1 saturated heterocycles. The Kier molecular flexibility index (Phi) is 6.03. The second kappa shape index (κ2) is 9.06. The standard InChI is InChI=1S/C26H25N3O3/c1-17-11-12-22(13-18(17)2)28-26(32)20-15-24(30)29(16-20)23-10-6-7-19(14-23)25(31)27-21-8-4-3-5-9-21/h3-14,20H,15-16H2,1-2H3,(H,27,31)(H,28,32). The van der Waals surface area contributed by atoms with Gasteiger partial charge >= 0.3 is 0 Å². The molecule has 1 unspecified atom stereocenters.